The Morgan fingerprint density at radius 3 is 2.27 bits per heavy atom. The number of benzene rings is 2. The summed E-state index contributed by atoms with van der Waals surface area (Å²) in [5, 5.41) is 0.701. The number of hydrogen-bond donors (Lipinski definition) is 1. The monoisotopic (exact) mass is 449 g/mol. The molecule has 0 spiro atoms. The van der Waals surface area contributed by atoms with E-state index in [9.17, 15) is 8.42 Å². The van der Waals surface area contributed by atoms with Crippen LogP contribution < -0.4 is 4.72 Å². The van der Waals surface area contributed by atoms with Crippen molar-refractivity contribution in [3.05, 3.63) is 64.7 Å². The fourth-order valence-electron chi connectivity index (χ4n) is 1.96. The molecule has 0 fully saturated rings. The maximum Gasteiger partial charge on any atom is 0.240 e. The van der Waals surface area contributed by atoms with Crippen LogP contribution in [0, 0.1) is 6.92 Å². The van der Waals surface area contributed by atoms with Crippen LogP contribution >= 0.6 is 34.2 Å². The summed E-state index contributed by atoms with van der Waals surface area (Å²) in [6.07, 6.45) is 0.716. The lowest BCUT2D eigenvalue weighted by Crippen LogP contribution is -2.25. The Labute approximate surface area is 150 Å². The summed E-state index contributed by atoms with van der Waals surface area (Å²) in [6.45, 7) is 2.32. The maximum atomic E-state index is 12.2. The molecule has 0 heterocycles. The number of nitrogens with one attached hydrogen (secondary N) is 1. The highest BCUT2D eigenvalue weighted by Crippen LogP contribution is 2.27. The van der Waals surface area contributed by atoms with E-state index in [1.54, 1.807) is 24.3 Å². The summed E-state index contributed by atoms with van der Waals surface area (Å²) in [5.41, 5.74) is 2.17. The van der Waals surface area contributed by atoms with Gasteiger partial charge in [0.2, 0.25) is 10.0 Å². The molecule has 0 saturated carbocycles. The summed E-state index contributed by atoms with van der Waals surface area (Å²) in [4.78, 5) is 0.301. The van der Waals surface area contributed by atoms with Crippen LogP contribution in [-0.2, 0) is 10.0 Å². The molecule has 0 amide bonds. The second-order valence-electron chi connectivity index (χ2n) is 5.02. The van der Waals surface area contributed by atoms with Gasteiger partial charge in [-0.25, -0.2) is 13.1 Å². The first-order chi connectivity index (χ1) is 10.4. The quantitative estimate of drug-likeness (QED) is 0.522. The fraction of sp³-hybridized carbons (Fsp3) is 0.250. The van der Waals surface area contributed by atoms with Crippen molar-refractivity contribution < 1.29 is 8.42 Å². The van der Waals surface area contributed by atoms with Crippen molar-refractivity contribution in [2.24, 2.45) is 0 Å². The van der Waals surface area contributed by atoms with Crippen LogP contribution in [0.5, 0.6) is 0 Å². The Morgan fingerprint density at radius 2 is 1.68 bits per heavy atom. The fourth-order valence-corrected chi connectivity index (χ4v) is 3.86. The van der Waals surface area contributed by atoms with E-state index in [2.05, 4.69) is 27.3 Å². The van der Waals surface area contributed by atoms with Crippen molar-refractivity contribution in [3.8, 4) is 0 Å². The molecule has 118 valence electrons. The molecule has 0 bridgehead atoms. The third kappa shape index (κ3) is 4.94. The smallest absolute Gasteiger partial charge is 0.211 e. The number of rotatable bonds is 6. The van der Waals surface area contributed by atoms with E-state index in [-0.39, 0.29) is 3.92 Å². The number of hydrogen-bond acceptors (Lipinski definition) is 2. The molecule has 6 heteroatoms. The molecule has 0 aliphatic rings. The van der Waals surface area contributed by atoms with Gasteiger partial charge in [-0.1, -0.05) is 64.0 Å². The Kier molecular flexibility index (Phi) is 6.26. The first-order valence-electron chi connectivity index (χ1n) is 6.84. The average Bonchev–Trinajstić information content (AvgIpc) is 2.48. The first kappa shape index (κ1) is 17.7. The van der Waals surface area contributed by atoms with E-state index >= 15 is 0 Å². The third-order valence-corrected chi connectivity index (χ3v) is 6.32. The molecule has 1 unspecified atom stereocenters. The number of alkyl halides is 1. The van der Waals surface area contributed by atoms with Crippen molar-refractivity contribution in [2.75, 3.05) is 6.54 Å². The minimum absolute atomic E-state index is 0.232. The Morgan fingerprint density at radius 1 is 1.09 bits per heavy atom. The molecule has 0 aliphatic carbocycles. The number of halogens is 2. The molecule has 0 aromatic heterocycles. The van der Waals surface area contributed by atoms with Crippen LogP contribution in [0.1, 0.15) is 21.5 Å². The van der Waals surface area contributed by atoms with Gasteiger partial charge in [-0.15, -0.1) is 0 Å². The normalized spacial score (nSPS) is 13.0. The van der Waals surface area contributed by atoms with Crippen molar-refractivity contribution in [1.29, 1.82) is 0 Å². The van der Waals surface area contributed by atoms with E-state index in [1.807, 2.05) is 31.2 Å². The summed E-state index contributed by atoms with van der Waals surface area (Å²) >= 11 is 8.18. The lowest BCUT2D eigenvalue weighted by atomic mass is 10.1. The Balaban J connectivity index is 1.92. The molecule has 2 aromatic rings. The summed E-state index contributed by atoms with van der Waals surface area (Å²) < 4.78 is 27.2. The highest BCUT2D eigenvalue weighted by molar-refractivity contribution is 14.1. The van der Waals surface area contributed by atoms with Gasteiger partial charge >= 0.3 is 0 Å². The van der Waals surface area contributed by atoms with E-state index < -0.39 is 10.0 Å². The zero-order valence-corrected chi connectivity index (χ0v) is 15.8. The van der Waals surface area contributed by atoms with Crippen LogP contribution in [0.3, 0.4) is 0 Å². The van der Waals surface area contributed by atoms with Gasteiger partial charge in [0.15, 0.2) is 0 Å². The van der Waals surface area contributed by atoms with Crippen LogP contribution in [0.4, 0.5) is 0 Å². The van der Waals surface area contributed by atoms with Crippen molar-refractivity contribution in [2.45, 2.75) is 22.2 Å². The topological polar surface area (TPSA) is 46.2 Å². The predicted molar refractivity (Wildman–Crippen MR) is 99.2 cm³/mol. The largest absolute Gasteiger partial charge is 0.240 e. The van der Waals surface area contributed by atoms with Gasteiger partial charge < -0.3 is 0 Å². The molecule has 0 radical (unpaired) electrons. The van der Waals surface area contributed by atoms with E-state index in [0.717, 1.165) is 11.1 Å². The van der Waals surface area contributed by atoms with Crippen molar-refractivity contribution >= 4 is 44.2 Å². The van der Waals surface area contributed by atoms with Gasteiger partial charge in [0.05, 0.1) is 4.90 Å². The third-order valence-electron chi connectivity index (χ3n) is 3.25. The van der Waals surface area contributed by atoms with E-state index in [4.69, 9.17) is 11.6 Å². The Hall–Kier alpha value is -0.630. The minimum Gasteiger partial charge on any atom is -0.211 e. The van der Waals surface area contributed by atoms with Gasteiger partial charge in [-0.3, -0.25) is 0 Å². The molecule has 0 aliphatic heterocycles. The molecule has 22 heavy (non-hydrogen) atoms. The summed E-state index contributed by atoms with van der Waals surface area (Å²) in [5.74, 6) is 0. The molecule has 1 atom stereocenters. The Bertz CT molecular complexity index is 715. The van der Waals surface area contributed by atoms with E-state index in [1.165, 1.54) is 0 Å². The highest BCUT2D eigenvalue weighted by atomic mass is 127. The van der Waals surface area contributed by atoms with Crippen LogP contribution in [0.25, 0.3) is 0 Å². The highest BCUT2D eigenvalue weighted by Gasteiger charge is 2.14. The molecule has 0 saturated heterocycles. The summed E-state index contributed by atoms with van der Waals surface area (Å²) in [6, 6.07) is 14.5. The zero-order chi connectivity index (χ0) is 16.2. The van der Waals surface area contributed by atoms with Gasteiger partial charge in [0.25, 0.3) is 0 Å². The minimum atomic E-state index is -3.44. The van der Waals surface area contributed by atoms with Gasteiger partial charge in [-0.05, 0) is 43.2 Å². The molecule has 1 N–H and O–H groups in total. The second-order valence-corrected chi connectivity index (χ2v) is 8.73. The van der Waals surface area contributed by atoms with E-state index in [0.29, 0.717) is 22.9 Å². The summed E-state index contributed by atoms with van der Waals surface area (Å²) in [7, 11) is -3.44. The van der Waals surface area contributed by atoms with Crippen molar-refractivity contribution in [3.63, 3.8) is 0 Å². The first-order valence-corrected chi connectivity index (χ1v) is 9.95. The predicted octanol–water partition coefficient (Wildman–Crippen LogP) is 4.49. The van der Waals surface area contributed by atoms with Crippen LogP contribution in [-0.4, -0.2) is 15.0 Å². The molecule has 2 aromatic carbocycles. The maximum absolute atomic E-state index is 12.2. The van der Waals surface area contributed by atoms with Crippen LogP contribution in [0.2, 0.25) is 5.02 Å². The van der Waals surface area contributed by atoms with Gasteiger partial charge in [0.1, 0.15) is 0 Å². The van der Waals surface area contributed by atoms with Gasteiger partial charge in [0, 0.05) is 15.5 Å². The van der Waals surface area contributed by atoms with Crippen LogP contribution in [0.15, 0.2) is 53.4 Å². The van der Waals surface area contributed by atoms with Gasteiger partial charge in [-0.2, -0.15) is 0 Å². The number of sulfonamides is 1. The molecule has 3 nitrogen and oxygen atoms in total. The lowest BCUT2D eigenvalue weighted by Gasteiger charge is -2.12. The molecule has 2 rings (SSSR count). The zero-order valence-electron chi connectivity index (χ0n) is 12.1. The second kappa shape index (κ2) is 7.77. The lowest BCUT2D eigenvalue weighted by molar-refractivity contribution is 0.579. The molecular weight excluding hydrogens is 433 g/mol. The van der Waals surface area contributed by atoms with Crippen molar-refractivity contribution in [1.82, 2.24) is 4.72 Å². The standard InChI is InChI=1S/C16H17ClINO2S/c1-12-2-8-15(9-3-12)22(20,21)19-11-10-16(18)13-4-6-14(17)7-5-13/h2-9,16,19H,10-11H2,1H3. The SMILES string of the molecule is Cc1ccc(S(=O)(=O)NCCC(I)c2ccc(Cl)cc2)cc1. The molecular formula is C16H17ClINO2S. The number of aryl methyl sites for hydroxylation is 1. The average molecular weight is 450 g/mol.